The first kappa shape index (κ1) is 21.8. The SMILES string of the molecule is O=C(c1ccc(-c2ccccc2)[nH]c1=O)N1CCN(S(=O)(=O)c2ccc(F)c(F)c2)CC1. The van der Waals surface area contributed by atoms with Crippen molar-refractivity contribution in [1.82, 2.24) is 14.2 Å². The number of amides is 1. The number of nitrogens with zero attached hydrogens (tertiary/aromatic N) is 2. The first-order chi connectivity index (χ1) is 15.3. The average molecular weight is 459 g/mol. The Bertz CT molecular complexity index is 1320. The number of benzene rings is 2. The molecule has 0 aliphatic carbocycles. The molecule has 7 nitrogen and oxygen atoms in total. The maximum atomic E-state index is 13.5. The molecule has 1 saturated heterocycles. The van der Waals surface area contributed by atoms with Crippen molar-refractivity contribution >= 4 is 15.9 Å². The third kappa shape index (κ3) is 4.19. The number of rotatable bonds is 4. The van der Waals surface area contributed by atoms with Crippen molar-refractivity contribution in [3.63, 3.8) is 0 Å². The van der Waals surface area contributed by atoms with Gasteiger partial charge in [-0.1, -0.05) is 30.3 Å². The van der Waals surface area contributed by atoms with E-state index in [1.807, 2.05) is 30.3 Å². The summed E-state index contributed by atoms with van der Waals surface area (Å²) in [6, 6.07) is 14.7. The Kier molecular flexibility index (Phi) is 5.90. The van der Waals surface area contributed by atoms with E-state index in [1.165, 1.54) is 11.0 Å². The number of nitrogens with one attached hydrogen (secondary N) is 1. The molecule has 32 heavy (non-hydrogen) atoms. The summed E-state index contributed by atoms with van der Waals surface area (Å²) in [6.45, 7) is 0.0450. The molecule has 1 amide bonds. The van der Waals surface area contributed by atoms with Crippen molar-refractivity contribution in [3.05, 3.63) is 88.2 Å². The van der Waals surface area contributed by atoms with Crippen LogP contribution in [0.2, 0.25) is 0 Å². The van der Waals surface area contributed by atoms with Gasteiger partial charge < -0.3 is 9.88 Å². The van der Waals surface area contributed by atoms with Crippen LogP contribution in [0.5, 0.6) is 0 Å². The van der Waals surface area contributed by atoms with Gasteiger partial charge in [0.1, 0.15) is 5.56 Å². The number of aromatic nitrogens is 1. The normalized spacial score (nSPS) is 15.0. The topological polar surface area (TPSA) is 90.6 Å². The van der Waals surface area contributed by atoms with Crippen LogP contribution in [-0.4, -0.2) is 54.7 Å². The van der Waals surface area contributed by atoms with Crippen molar-refractivity contribution in [2.45, 2.75) is 4.90 Å². The summed E-state index contributed by atoms with van der Waals surface area (Å²) in [5.74, 6) is -2.89. The van der Waals surface area contributed by atoms with E-state index in [1.54, 1.807) is 6.07 Å². The number of pyridine rings is 1. The number of piperazine rings is 1. The fraction of sp³-hybridized carbons (Fsp3) is 0.182. The van der Waals surface area contributed by atoms with Gasteiger partial charge in [-0.05, 0) is 35.9 Å². The van der Waals surface area contributed by atoms with Crippen LogP contribution >= 0.6 is 0 Å². The van der Waals surface area contributed by atoms with Crippen molar-refractivity contribution in [2.24, 2.45) is 0 Å². The van der Waals surface area contributed by atoms with Gasteiger partial charge in [0.2, 0.25) is 10.0 Å². The summed E-state index contributed by atoms with van der Waals surface area (Å²) in [5, 5.41) is 0. The quantitative estimate of drug-likeness (QED) is 0.649. The molecule has 2 aromatic carbocycles. The van der Waals surface area contributed by atoms with Crippen LogP contribution in [-0.2, 0) is 10.0 Å². The molecule has 1 fully saturated rings. The molecule has 0 unspecified atom stereocenters. The molecule has 1 aliphatic rings. The molecule has 4 rings (SSSR count). The first-order valence-electron chi connectivity index (χ1n) is 9.80. The van der Waals surface area contributed by atoms with Crippen LogP contribution in [0, 0.1) is 11.6 Å². The largest absolute Gasteiger partial charge is 0.336 e. The number of hydrogen-bond donors (Lipinski definition) is 1. The summed E-state index contributed by atoms with van der Waals surface area (Å²) in [6.07, 6.45) is 0. The number of sulfonamides is 1. The van der Waals surface area contributed by atoms with E-state index in [0.717, 1.165) is 22.0 Å². The summed E-state index contributed by atoms with van der Waals surface area (Å²) in [4.78, 5) is 29.1. The lowest BCUT2D eigenvalue weighted by molar-refractivity contribution is 0.0696. The van der Waals surface area contributed by atoms with Crippen LogP contribution in [0.15, 0.2) is 70.4 Å². The van der Waals surface area contributed by atoms with E-state index in [0.29, 0.717) is 11.8 Å². The highest BCUT2D eigenvalue weighted by Gasteiger charge is 2.31. The highest BCUT2D eigenvalue weighted by atomic mass is 32.2. The van der Waals surface area contributed by atoms with Gasteiger partial charge in [-0.25, -0.2) is 17.2 Å². The lowest BCUT2D eigenvalue weighted by Gasteiger charge is -2.33. The molecule has 166 valence electrons. The lowest BCUT2D eigenvalue weighted by Crippen LogP contribution is -2.51. The van der Waals surface area contributed by atoms with Gasteiger partial charge >= 0.3 is 0 Å². The smallest absolute Gasteiger partial charge is 0.261 e. The maximum absolute atomic E-state index is 13.5. The van der Waals surface area contributed by atoms with E-state index in [4.69, 9.17) is 0 Å². The monoisotopic (exact) mass is 459 g/mol. The van der Waals surface area contributed by atoms with Crippen LogP contribution in [0.25, 0.3) is 11.3 Å². The third-order valence-electron chi connectivity index (χ3n) is 5.28. The second-order valence-corrected chi connectivity index (χ2v) is 9.19. The van der Waals surface area contributed by atoms with Crippen LogP contribution in [0.1, 0.15) is 10.4 Å². The Labute approximate surface area is 183 Å². The molecular weight excluding hydrogens is 440 g/mol. The minimum absolute atomic E-state index is 0.0347. The van der Waals surface area contributed by atoms with E-state index in [9.17, 15) is 26.8 Å². The van der Waals surface area contributed by atoms with E-state index >= 15 is 0 Å². The molecule has 1 aliphatic heterocycles. The number of carbonyl (C=O) groups excluding carboxylic acids is 1. The van der Waals surface area contributed by atoms with Crippen molar-refractivity contribution in [2.75, 3.05) is 26.2 Å². The zero-order valence-electron chi connectivity index (χ0n) is 16.8. The summed E-state index contributed by atoms with van der Waals surface area (Å²) in [7, 11) is -4.04. The van der Waals surface area contributed by atoms with Crippen LogP contribution < -0.4 is 5.56 Å². The molecule has 0 bridgehead atoms. The predicted molar refractivity (Wildman–Crippen MR) is 114 cm³/mol. The average Bonchev–Trinajstić information content (AvgIpc) is 2.81. The zero-order chi connectivity index (χ0) is 22.9. The molecule has 2 heterocycles. The Balaban J connectivity index is 1.47. The van der Waals surface area contributed by atoms with Crippen molar-refractivity contribution < 1.29 is 22.0 Å². The van der Waals surface area contributed by atoms with E-state index < -0.39 is 33.1 Å². The standard InChI is InChI=1S/C22H19F2N3O4S/c23-18-8-6-16(14-19(18)24)32(30,31)27-12-10-26(11-13-27)22(29)17-7-9-20(25-21(17)28)15-4-2-1-3-5-15/h1-9,14H,10-13H2,(H,25,28). The highest BCUT2D eigenvalue weighted by Crippen LogP contribution is 2.21. The molecule has 0 spiro atoms. The molecule has 10 heteroatoms. The Morgan fingerprint density at radius 2 is 1.56 bits per heavy atom. The molecule has 0 radical (unpaired) electrons. The number of aromatic amines is 1. The molecular formula is C22H19F2N3O4S. The molecule has 0 saturated carbocycles. The lowest BCUT2D eigenvalue weighted by atomic mass is 10.1. The fourth-order valence-corrected chi connectivity index (χ4v) is 4.95. The van der Waals surface area contributed by atoms with Gasteiger partial charge in [-0.2, -0.15) is 4.31 Å². The summed E-state index contributed by atoms with van der Waals surface area (Å²) in [5.41, 5.74) is 0.809. The first-order valence-corrected chi connectivity index (χ1v) is 11.2. The molecule has 3 aromatic rings. The molecule has 1 N–H and O–H groups in total. The Hall–Kier alpha value is -3.37. The van der Waals surface area contributed by atoms with Gasteiger partial charge in [0.25, 0.3) is 11.5 Å². The van der Waals surface area contributed by atoms with Gasteiger partial charge in [0, 0.05) is 31.9 Å². The number of hydrogen-bond acceptors (Lipinski definition) is 4. The highest BCUT2D eigenvalue weighted by molar-refractivity contribution is 7.89. The summed E-state index contributed by atoms with van der Waals surface area (Å²) >= 11 is 0. The van der Waals surface area contributed by atoms with Gasteiger partial charge in [0.15, 0.2) is 11.6 Å². The van der Waals surface area contributed by atoms with E-state index in [-0.39, 0.29) is 36.6 Å². The number of H-pyrrole nitrogens is 1. The minimum atomic E-state index is -4.04. The summed E-state index contributed by atoms with van der Waals surface area (Å²) < 4.78 is 53.1. The third-order valence-corrected chi connectivity index (χ3v) is 7.17. The number of carbonyl (C=O) groups is 1. The maximum Gasteiger partial charge on any atom is 0.261 e. The van der Waals surface area contributed by atoms with Crippen LogP contribution in [0.3, 0.4) is 0 Å². The van der Waals surface area contributed by atoms with Gasteiger partial charge in [-0.15, -0.1) is 0 Å². The predicted octanol–water partition coefficient (Wildman–Crippen LogP) is 2.47. The van der Waals surface area contributed by atoms with E-state index in [2.05, 4.69) is 4.98 Å². The zero-order valence-corrected chi connectivity index (χ0v) is 17.6. The minimum Gasteiger partial charge on any atom is -0.336 e. The second kappa shape index (κ2) is 8.64. The van der Waals surface area contributed by atoms with Gasteiger partial charge in [-0.3, -0.25) is 9.59 Å². The molecule has 1 aromatic heterocycles. The van der Waals surface area contributed by atoms with Crippen molar-refractivity contribution in [1.29, 1.82) is 0 Å². The fourth-order valence-electron chi connectivity index (χ4n) is 3.52. The molecule has 0 atom stereocenters. The Morgan fingerprint density at radius 3 is 2.19 bits per heavy atom. The number of halogens is 2. The van der Waals surface area contributed by atoms with Crippen molar-refractivity contribution in [3.8, 4) is 11.3 Å². The van der Waals surface area contributed by atoms with Gasteiger partial charge in [0.05, 0.1) is 4.90 Å². The van der Waals surface area contributed by atoms with Crippen LogP contribution in [0.4, 0.5) is 8.78 Å². The Morgan fingerprint density at radius 1 is 0.875 bits per heavy atom. The second-order valence-electron chi connectivity index (χ2n) is 7.25.